The van der Waals surface area contributed by atoms with Crippen LogP contribution in [0.2, 0.25) is 0 Å². The predicted molar refractivity (Wildman–Crippen MR) is 69.1 cm³/mol. The first-order valence-electron chi connectivity index (χ1n) is 6.44. The van der Waals surface area contributed by atoms with Gasteiger partial charge in [-0.2, -0.15) is 0 Å². The predicted octanol–water partition coefficient (Wildman–Crippen LogP) is 2.39. The van der Waals surface area contributed by atoms with E-state index < -0.39 is 11.8 Å². The second kappa shape index (κ2) is 6.02. The van der Waals surface area contributed by atoms with Gasteiger partial charge in [-0.1, -0.05) is 6.42 Å². The Morgan fingerprint density at radius 1 is 1.53 bits per heavy atom. The molecule has 1 aliphatic rings. The molecule has 4 nitrogen and oxygen atoms in total. The lowest BCUT2D eigenvalue weighted by molar-refractivity contribution is 0.0687. The molecule has 1 N–H and O–H groups in total. The number of halogens is 1. The number of likely N-dealkylation sites (tertiary alicyclic amines) is 1. The van der Waals surface area contributed by atoms with Gasteiger partial charge in [0.2, 0.25) is 0 Å². The van der Waals surface area contributed by atoms with Crippen molar-refractivity contribution in [2.24, 2.45) is 0 Å². The summed E-state index contributed by atoms with van der Waals surface area (Å²) in [5, 5.41) is 9.02. The number of aromatic carboxylic acids is 1. The first-order chi connectivity index (χ1) is 9.08. The number of carboxylic acid groups (broad SMARTS) is 1. The van der Waals surface area contributed by atoms with Gasteiger partial charge in [-0.05, 0) is 44.6 Å². The van der Waals surface area contributed by atoms with Crippen molar-refractivity contribution in [2.75, 3.05) is 20.2 Å². The van der Waals surface area contributed by atoms with Crippen molar-refractivity contribution in [3.05, 3.63) is 29.6 Å². The molecule has 2 rings (SSSR count). The molecule has 19 heavy (non-hydrogen) atoms. The van der Waals surface area contributed by atoms with Crippen LogP contribution in [0, 0.1) is 5.82 Å². The second-order valence-electron chi connectivity index (χ2n) is 4.89. The standard InChI is InChI=1S/C14H18FNO3/c1-16-7-3-2-4-11(16)9-19-13-6-5-10(15)8-12(13)14(17)18/h5-6,8,11H,2-4,7,9H2,1H3,(H,17,18). The Labute approximate surface area is 111 Å². The fraction of sp³-hybridized carbons (Fsp3) is 0.500. The summed E-state index contributed by atoms with van der Waals surface area (Å²) >= 11 is 0. The number of ether oxygens (including phenoxy) is 1. The van der Waals surface area contributed by atoms with Gasteiger partial charge in [-0.3, -0.25) is 0 Å². The van der Waals surface area contributed by atoms with E-state index in [4.69, 9.17) is 9.84 Å². The summed E-state index contributed by atoms with van der Waals surface area (Å²) in [5.74, 6) is -1.51. The number of rotatable bonds is 4. The van der Waals surface area contributed by atoms with Gasteiger partial charge in [-0.15, -0.1) is 0 Å². The lowest BCUT2D eigenvalue weighted by atomic mass is 10.0. The van der Waals surface area contributed by atoms with Gasteiger partial charge >= 0.3 is 5.97 Å². The number of hydrogen-bond acceptors (Lipinski definition) is 3. The van der Waals surface area contributed by atoms with Crippen LogP contribution in [0.4, 0.5) is 4.39 Å². The van der Waals surface area contributed by atoms with Crippen LogP contribution < -0.4 is 4.74 Å². The molecule has 1 aromatic rings. The Hall–Kier alpha value is -1.62. The Morgan fingerprint density at radius 3 is 3.00 bits per heavy atom. The largest absolute Gasteiger partial charge is 0.491 e. The molecule has 1 saturated heterocycles. The summed E-state index contributed by atoms with van der Waals surface area (Å²) in [6.07, 6.45) is 3.39. The van der Waals surface area contributed by atoms with Crippen molar-refractivity contribution in [3.63, 3.8) is 0 Å². The topological polar surface area (TPSA) is 49.8 Å². The van der Waals surface area contributed by atoms with Gasteiger partial charge in [0.25, 0.3) is 0 Å². The van der Waals surface area contributed by atoms with E-state index in [1.54, 1.807) is 0 Å². The maximum Gasteiger partial charge on any atom is 0.339 e. The van der Waals surface area contributed by atoms with Crippen molar-refractivity contribution in [2.45, 2.75) is 25.3 Å². The molecule has 0 spiro atoms. The van der Waals surface area contributed by atoms with E-state index in [-0.39, 0.29) is 11.3 Å². The molecule has 1 aromatic carbocycles. The first kappa shape index (κ1) is 13.8. The molecule has 1 heterocycles. The summed E-state index contributed by atoms with van der Waals surface area (Å²) in [6.45, 7) is 1.46. The van der Waals surface area contributed by atoms with E-state index >= 15 is 0 Å². The zero-order valence-corrected chi connectivity index (χ0v) is 10.9. The van der Waals surface area contributed by atoms with E-state index in [1.807, 2.05) is 7.05 Å². The quantitative estimate of drug-likeness (QED) is 0.910. The maximum absolute atomic E-state index is 13.0. The minimum Gasteiger partial charge on any atom is -0.491 e. The highest BCUT2D eigenvalue weighted by molar-refractivity contribution is 5.90. The Morgan fingerprint density at radius 2 is 2.32 bits per heavy atom. The van der Waals surface area contributed by atoms with Crippen LogP contribution in [0.3, 0.4) is 0 Å². The third-order valence-corrected chi connectivity index (χ3v) is 3.52. The number of piperidine rings is 1. The van der Waals surface area contributed by atoms with Crippen molar-refractivity contribution >= 4 is 5.97 Å². The van der Waals surface area contributed by atoms with E-state index in [0.717, 1.165) is 25.5 Å². The van der Waals surface area contributed by atoms with E-state index in [9.17, 15) is 9.18 Å². The number of hydrogen-bond donors (Lipinski definition) is 1. The monoisotopic (exact) mass is 267 g/mol. The number of likely N-dealkylation sites (N-methyl/N-ethyl adjacent to an activating group) is 1. The molecular formula is C14H18FNO3. The summed E-state index contributed by atoms with van der Waals surface area (Å²) in [5.41, 5.74) is -0.126. The van der Waals surface area contributed by atoms with Crippen LogP contribution in [0.5, 0.6) is 5.75 Å². The molecule has 0 amide bonds. The SMILES string of the molecule is CN1CCCCC1COc1ccc(F)cc1C(=O)O. The molecule has 1 unspecified atom stereocenters. The molecular weight excluding hydrogens is 249 g/mol. The van der Waals surface area contributed by atoms with Crippen LogP contribution in [0.25, 0.3) is 0 Å². The number of nitrogens with zero attached hydrogens (tertiary/aromatic N) is 1. The van der Waals surface area contributed by atoms with E-state index in [0.29, 0.717) is 12.6 Å². The molecule has 1 aliphatic heterocycles. The fourth-order valence-electron chi connectivity index (χ4n) is 2.34. The van der Waals surface area contributed by atoms with Gasteiger partial charge < -0.3 is 14.7 Å². The highest BCUT2D eigenvalue weighted by Gasteiger charge is 2.20. The first-order valence-corrected chi connectivity index (χ1v) is 6.44. The van der Waals surface area contributed by atoms with Crippen LogP contribution in [-0.4, -0.2) is 42.2 Å². The maximum atomic E-state index is 13.0. The average molecular weight is 267 g/mol. The van der Waals surface area contributed by atoms with Gasteiger partial charge in [0.15, 0.2) is 0 Å². The van der Waals surface area contributed by atoms with Crippen LogP contribution in [0.15, 0.2) is 18.2 Å². The molecule has 1 fully saturated rings. The van der Waals surface area contributed by atoms with Gasteiger partial charge in [-0.25, -0.2) is 9.18 Å². The highest BCUT2D eigenvalue weighted by atomic mass is 19.1. The molecule has 5 heteroatoms. The lowest BCUT2D eigenvalue weighted by Gasteiger charge is -2.32. The van der Waals surface area contributed by atoms with Crippen LogP contribution >= 0.6 is 0 Å². The summed E-state index contributed by atoms with van der Waals surface area (Å²) < 4.78 is 18.6. The van der Waals surface area contributed by atoms with Crippen LogP contribution in [0.1, 0.15) is 29.6 Å². The number of carboxylic acids is 1. The molecule has 0 aromatic heterocycles. The van der Waals surface area contributed by atoms with Gasteiger partial charge in [0.05, 0.1) is 0 Å². The minimum absolute atomic E-state index is 0.126. The van der Waals surface area contributed by atoms with Crippen molar-refractivity contribution < 1.29 is 19.0 Å². The molecule has 104 valence electrons. The van der Waals surface area contributed by atoms with Gasteiger partial charge in [0.1, 0.15) is 23.7 Å². The smallest absolute Gasteiger partial charge is 0.339 e. The zero-order valence-electron chi connectivity index (χ0n) is 10.9. The van der Waals surface area contributed by atoms with Gasteiger partial charge in [0, 0.05) is 6.04 Å². The molecule has 0 aliphatic carbocycles. The molecule has 1 atom stereocenters. The number of carbonyl (C=O) groups is 1. The molecule has 0 bridgehead atoms. The van der Waals surface area contributed by atoms with Crippen molar-refractivity contribution in [1.82, 2.24) is 4.90 Å². The number of benzene rings is 1. The lowest BCUT2D eigenvalue weighted by Crippen LogP contribution is -2.40. The van der Waals surface area contributed by atoms with Crippen molar-refractivity contribution in [3.8, 4) is 5.75 Å². The molecule has 0 saturated carbocycles. The average Bonchev–Trinajstić information content (AvgIpc) is 2.38. The molecule has 0 radical (unpaired) electrons. The minimum atomic E-state index is -1.17. The van der Waals surface area contributed by atoms with Crippen molar-refractivity contribution in [1.29, 1.82) is 0 Å². The Balaban J connectivity index is 2.04. The Kier molecular flexibility index (Phi) is 4.37. The Bertz CT molecular complexity index is 464. The second-order valence-corrected chi connectivity index (χ2v) is 4.89. The summed E-state index contributed by atoms with van der Waals surface area (Å²) in [7, 11) is 2.04. The van der Waals surface area contributed by atoms with E-state index in [1.165, 1.54) is 18.6 Å². The van der Waals surface area contributed by atoms with Crippen LogP contribution in [-0.2, 0) is 0 Å². The summed E-state index contributed by atoms with van der Waals surface area (Å²) in [6, 6.07) is 3.87. The fourth-order valence-corrected chi connectivity index (χ4v) is 2.34. The zero-order chi connectivity index (χ0) is 13.8. The third kappa shape index (κ3) is 3.44. The highest BCUT2D eigenvalue weighted by Crippen LogP contribution is 2.22. The van der Waals surface area contributed by atoms with E-state index in [2.05, 4.69) is 4.90 Å². The third-order valence-electron chi connectivity index (χ3n) is 3.52. The summed E-state index contributed by atoms with van der Waals surface area (Å²) in [4.78, 5) is 13.2. The normalized spacial score (nSPS) is 20.2.